The van der Waals surface area contributed by atoms with Gasteiger partial charge in [0.15, 0.2) is 0 Å². The first-order chi connectivity index (χ1) is 14.6. The van der Waals surface area contributed by atoms with Gasteiger partial charge in [0.25, 0.3) is 0 Å². The van der Waals surface area contributed by atoms with E-state index in [9.17, 15) is 4.79 Å². The molecule has 3 heteroatoms. The SMILES string of the molecule is CC=C(C)C(=O)NC1CCC2(C)C(CCC3C2CCC2(C)C3CCC2C(C)N(C)C)C1. The van der Waals surface area contributed by atoms with Gasteiger partial charge >= 0.3 is 0 Å². The van der Waals surface area contributed by atoms with Crippen LogP contribution in [-0.2, 0) is 4.79 Å². The maximum Gasteiger partial charge on any atom is 0.246 e. The number of allylic oxidation sites excluding steroid dienone is 1. The van der Waals surface area contributed by atoms with E-state index in [0.29, 0.717) is 22.9 Å². The first-order valence-electron chi connectivity index (χ1n) is 13.2. The highest BCUT2D eigenvalue weighted by Crippen LogP contribution is 2.67. The van der Waals surface area contributed by atoms with E-state index in [4.69, 9.17) is 0 Å². The predicted molar refractivity (Wildman–Crippen MR) is 130 cm³/mol. The number of rotatable bonds is 4. The molecule has 9 atom stereocenters. The third kappa shape index (κ3) is 3.81. The third-order valence-corrected chi connectivity index (χ3v) is 11.3. The summed E-state index contributed by atoms with van der Waals surface area (Å²) < 4.78 is 0. The van der Waals surface area contributed by atoms with Crippen LogP contribution in [0.5, 0.6) is 0 Å². The molecule has 1 amide bonds. The van der Waals surface area contributed by atoms with Crippen LogP contribution in [0.25, 0.3) is 0 Å². The highest BCUT2D eigenvalue weighted by molar-refractivity contribution is 5.92. The number of nitrogens with zero attached hydrogens (tertiary/aromatic N) is 1. The molecular formula is C28H48N2O. The van der Waals surface area contributed by atoms with Crippen molar-refractivity contribution in [2.75, 3.05) is 14.1 Å². The van der Waals surface area contributed by atoms with E-state index in [-0.39, 0.29) is 5.91 Å². The molecule has 0 aromatic rings. The lowest BCUT2D eigenvalue weighted by molar-refractivity contribution is -0.125. The molecule has 4 saturated carbocycles. The molecule has 9 unspecified atom stereocenters. The highest BCUT2D eigenvalue weighted by Gasteiger charge is 2.60. The van der Waals surface area contributed by atoms with Crippen molar-refractivity contribution in [2.45, 2.75) is 104 Å². The number of carbonyl (C=O) groups excluding carboxylic acids is 1. The van der Waals surface area contributed by atoms with Gasteiger partial charge in [0, 0.05) is 17.7 Å². The van der Waals surface area contributed by atoms with Crippen LogP contribution in [0.2, 0.25) is 0 Å². The van der Waals surface area contributed by atoms with Crippen LogP contribution >= 0.6 is 0 Å². The largest absolute Gasteiger partial charge is 0.350 e. The van der Waals surface area contributed by atoms with E-state index in [2.05, 4.69) is 45.1 Å². The highest BCUT2D eigenvalue weighted by atomic mass is 16.1. The van der Waals surface area contributed by atoms with Crippen LogP contribution in [0.3, 0.4) is 0 Å². The average Bonchev–Trinajstić information content (AvgIpc) is 3.09. The van der Waals surface area contributed by atoms with Crippen molar-refractivity contribution in [3.63, 3.8) is 0 Å². The molecule has 0 saturated heterocycles. The molecule has 0 bridgehead atoms. The summed E-state index contributed by atoms with van der Waals surface area (Å²) in [7, 11) is 4.54. The van der Waals surface area contributed by atoms with Crippen molar-refractivity contribution in [1.29, 1.82) is 0 Å². The quantitative estimate of drug-likeness (QED) is 0.553. The van der Waals surface area contributed by atoms with Crippen LogP contribution in [0.15, 0.2) is 11.6 Å². The molecule has 0 aromatic heterocycles. The zero-order valence-corrected chi connectivity index (χ0v) is 21.3. The van der Waals surface area contributed by atoms with Crippen LogP contribution < -0.4 is 5.32 Å². The van der Waals surface area contributed by atoms with E-state index in [0.717, 1.165) is 35.2 Å². The molecule has 3 nitrogen and oxygen atoms in total. The Bertz CT molecular complexity index is 714. The Hall–Kier alpha value is -0.830. The number of carbonyl (C=O) groups is 1. The zero-order chi connectivity index (χ0) is 22.6. The third-order valence-electron chi connectivity index (χ3n) is 11.3. The number of amides is 1. The fourth-order valence-electron chi connectivity index (χ4n) is 9.01. The van der Waals surface area contributed by atoms with Crippen molar-refractivity contribution >= 4 is 5.91 Å². The molecular weight excluding hydrogens is 380 g/mol. The number of nitrogens with one attached hydrogen (secondary N) is 1. The van der Waals surface area contributed by atoms with Crippen molar-refractivity contribution in [2.24, 2.45) is 40.4 Å². The van der Waals surface area contributed by atoms with Gasteiger partial charge in [0.1, 0.15) is 0 Å². The van der Waals surface area contributed by atoms with Crippen molar-refractivity contribution in [3.05, 3.63) is 11.6 Å². The van der Waals surface area contributed by atoms with Gasteiger partial charge in [-0.1, -0.05) is 19.9 Å². The van der Waals surface area contributed by atoms with Gasteiger partial charge in [0.2, 0.25) is 5.91 Å². The molecule has 176 valence electrons. The Balaban J connectivity index is 1.47. The van der Waals surface area contributed by atoms with E-state index in [1.165, 1.54) is 57.8 Å². The Morgan fingerprint density at radius 1 is 1.00 bits per heavy atom. The Morgan fingerprint density at radius 3 is 2.35 bits per heavy atom. The Labute approximate surface area is 191 Å². The smallest absolute Gasteiger partial charge is 0.246 e. The van der Waals surface area contributed by atoms with Gasteiger partial charge < -0.3 is 10.2 Å². The zero-order valence-electron chi connectivity index (χ0n) is 21.3. The number of hydrogen-bond acceptors (Lipinski definition) is 2. The summed E-state index contributed by atoms with van der Waals surface area (Å²) in [4.78, 5) is 14.9. The Kier molecular flexibility index (Phi) is 6.40. The Morgan fingerprint density at radius 2 is 1.68 bits per heavy atom. The molecule has 4 aliphatic carbocycles. The maximum atomic E-state index is 12.4. The van der Waals surface area contributed by atoms with Crippen molar-refractivity contribution in [1.82, 2.24) is 10.2 Å². The summed E-state index contributed by atoms with van der Waals surface area (Å²) in [5.41, 5.74) is 1.89. The van der Waals surface area contributed by atoms with Crippen LogP contribution in [0, 0.1) is 40.4 Å². The standard InChI is InChI=1S/C28H48N2O/c1-8-18(2)26(31)29-21-13-15-27(4)20(17-21)9-10-22-24-12-11-23(19(3)30(6)7)28(24,5)16-14-25(22)27/h8,19-25H,9-17H2,1-7H3,(H,29,31). The summed E-state index contributed by atoms with van der Waals surface area (Å²) in [5, 5.41) is 3.35. The summed E-state index contributed by atoms with van der Waals surface area (Å²) in [6.07, 6.45) is 14.2. The van der Waals surface area contributed by atoms with Gasteiger partial charge in [0.05, 0.1) is 0 Å². The van der Waals surface area contributed by atoms with Gasteiger partial charge in [-0.25, -0.2) is 0 Å². The molecule has 4 fully saturated rings. The normalized spacial score (nSPS) is 46.1. The van der Waals surface area contributed by atoms with Crippen LogP contribution in [-0.4, -0.2) is 37.0 Å². The lowest BCUT2D eigenvalue weighted by Crippen LogP contribution is -2.56. The molecule has 4 aliphatic rings. The fraction of sp³-hybridized carbons (Fsp3) is 0.893. The van der Waals surface area contributed by atoms with Gasteiger partial charge in [-0.05, 0) is 133 Å². The molecule has 0 heterocycles. The summed E-state index contributed by atoms with van der Waals surface area (Å²) >= 11 is 0. The molecule has 0 aromatic carbocycles. The minimum absolute atomic E-state index is 0.144. The van der Waals surface area contributed by atoms with Crippen molar-refractivity contribution < 1.29 is 4.79 Å². The van der Waals surface area contributed by atoms with E-state index >= 15 is 0 Å². The maximum absolute atomic E-state index is 12.4. The summed E-state index contributed by atoms with van der Waals surface area (Å²) in [5.74, 6) is 4.58. The topological polar surface area (TPSA) is 32.3 Å². The first kappa shape index (κ1) is 23.3. The van der Waals surface area contributed by atoms with E-state index < -0.39 is 0 Å². The second kappa shape index (κ2) is 8.50. The molecule has 0 aliphatic heterocycles. The van der Waals surface area contributed by atoms with E-state index in [1.54, 1.807) is 0 Å². The van der Waals surface area contributed by atoms with Crippen molar-refractivity contribution in [3.8, 4) is 0 Å². The van der Waals surface area contributed by atoms with E-state index in [1.807, 2.05) is 19.9 Å². The minimum Gasteiger partial charge on any atom is -0.350 e. The molecule has 0 radical (unpaired) electrons. The summed E-state index contributed by atoms with van der Waals surface area (Å²) in [6.45, 7) is 11.7. The van der Waals surface area contributed by atoms with Gasteiger partial charge in [-0.15, -0.1) is 0 Å². The van der Waals surface area contributed by atoms with Gasteiger partial charge in [-0.3, -0.25) is 4.79 Å². The second-order valence-corrected chi connectivity index (χ2v) is 12.5. The number of fused-ring (bicyclic) bond motifs is 5. The fourth-order valence-corrected chi connectivity index (χ4v) is 9.01. The lowest BCUT2D eigenvalue weighted by Gasteiger charge is -2.61. The lowest BCUT2D eigenvalue weighted by atomic mass is 9.44. The number of hydrogen-bond donors (Lipinski definition) is 1. The average molecular weight is 429 g/mol. The van der Waals surface area contributed by atoms with Crippen LogP contribution in [0.4, 0.5) is 0 Å². The summed E-state index contributed by atoms with van der Waals surface area (Å²) in [6, 6.07) is 1.07. The predicted octanol–water partition coefficient (Wildman–Crippen LogP) is 6.05. The molecule has 0 spiro atoms. The molecule has 31 heavy (non-hydrogen) atoms. The van der Waals surface area contributed by atoms with Crippen LogP contribution in [0.1, 0.15) is 92.4 Å². The second-order valence-electron chi connectivity index (χ2n) is 12.5. The minimum atomic E-state index is 0.144. The monoisotopic (exact) mass is 428 g/mol. The molecule has 1 N–H and O–H groups in total. The molecule has 4 rings (SSSR count). The van der Waals surface area contributed by atoms with Gasteiger partial charge in [-0.2, -0.15) is 0 Å². The first-order valence-corrected chi connectivity index (χ1v) is 13.2.